The molecule has 7 nitrogen and oxygen atoms in total. The number of ether oxygens (including phenoxy) is 1. The molecule has 0 bridgehead atoms. The molecule has 1 amide bonds. The molecule has 0 atom stereocenters. The minimum absolute atomic E-state index is 0.0132. The molecule has 0 radical (unpaired) electrons. The lowest BCUT2D eigenvalue weighted by molar-refractivity contribution is 0.0586. The van der Waals surface area contributed by atoms with Crippen molar-refractivity contribution in [3.8, 4) is 5.88 Å². The summed E-state index contributed by atoms with van der Waals surface area (Å²) in [5.74, 6) is 0.695. The standard InChI is InChI=1S/C22H27N5O2S/c1-14-15(2)27(16-5-3-4-6-16)20-19(14)21(24-12-23-20)29-17-7-9-26(10-8-17)22(28)18-11-30-13-25-18/h11-13,16-17H,3-10H2,1-2H3. The van der Waals surface area contributed by atoms with Crippen LogP contribution in [-0.4, -0.2) is 49.5 Å². The number of hydrogen-bond donors (Lipinski definition) is 0. The molecule has 1 aliphatic heterocycles. The predicted octanol–water partition coefficient (Wildman–Crippen LogP) is 4.30. The van der Waals surface area contributed by atoms with E-state index in [9.17, 15) is 4.79 Å². The number of aryl methyl sites for hydroxylation is 1. The largest absolute Gasteiger partial charge is 0.474 e. The van der Waals surface area contributed by atoms with E-state index >= 15 is 0 Å². The highest BCUT2D eigenvalue weighted by molar-refractivity contribution is 7.07. The fraction of sp³-hybridized carbons (Fsp3) is 0.545. The highest BCUT2D eigenvalue weighted by Crippen LogP contribution is 2.38. The summed E-state index contributed by atoms with van der Waals surface area (Å²) in [6.45, 7) is 5.68. The summed E-state index contributed by atoms with van der Waals surface area (Å²) in [7, 11) is 0. The smallest absolute Gasteiger partial charge is 0.273 e. The second kappa shape index (κ2) is 7.98. The van der Waals surface area contributed by atoms with Crippen LogP contribution < -0.4 is 4.74 Å². The third-order valence-corrected chi connectivity index (χ3v) is 7.23. The molecule has 158 valence electrons. The Hall–Kier alpha value is -2.48. The first-order valence-electron chi connectivity index (χ1n) is 10.8. The molecular formula is C22H27N5O2S. The van der Waals surface area contributed by atoms with Crippen molar-refractivity contribution < 1.29 is 9.53 Å². The first-order chi connectivity index (χ1) is 14.6. The van der Waals surface area contributed by atoms with E-state index in [4.69, 9.17) is 4.74 Å². The zero-order valence-electron chi connectivity index (χ0n) is 17.5. The maximum atomic E-state index is 12.5. The van der Waals surface area contributed by atoms with Gasteiger partial charge in [-0.3, -0.25) is 4.79 Å². The van der Waals surface area contributed by atoms with Gasteiger partial charge in [-0.15, -0.1) is 11.3 Å². The van der Waals surface area contributed by atoms with Crippen molar-refractivity contribution in [3.63, 3.8) is 0 Å². The highest BCUT2D eigenvalue weighted by atomic mass is 32.1. The Kier molecular flexibility index (Phi) is 5.18. The van der Waals surface area contributed by atoms with Crippen LogP contribution in [0.3, 0.4) is 0 Å². The molecule has 0 unspecified atom stereocenters. The fourth-order valence-corrected chi connectivity index (χ4v) is 5.43. The third kappa shape index (κ3) is 3.37. The summed E-state index contributed by atoms with van der Waals surface area (Å²) in [5.41, 5.74) is 5.72. The molecule has 4 heterocycles. The maximum absolute atomic E-state index is 12.5. The number of hydrogen-bond acceptors (Lipinski definition) is 6. The van der Waals surface area contributed by atoms with Gasteiger partial charge in [0.2, 0.25) is 5.88 Å². The molecule has 0 aromatic carbocycles. The molecule has 30 heavy (non-hydrogen) atoms. The van der Waals surface area contributed by atoms with E-state index in [0.29, 0.717) is 30.7 Å². The molecule has 3 aromatic rings. The Morgan fingerprint density at radius 3 is 2.57 bits per heavy atom. The molecule has 1 saturated heterocycles. The molecule has 2 aliphatic rings. The number of piperidine rings is 1. The summed E-state index contributed by atoms with van der Waals surface area (Å²) in [6.07, 6.45) is 8.28. The van der Waals surface area contributed by atoms with Gasteiger partial charge in [-0.05, 0) is 32.3 Å². The number of likely N-dealkylation sites (tertiary alicyclic amines) is 1. The van der Waals surface area contributed by atoms with Crippen LogP contribution in [0, 0.1) is 13.8 Å². The van der Waals surface area contributed by atoms with Crippen molar-refractivity contribution in [3.05, 3.63) is 34.2 Å². The van der Waals surface area contributed by atoms with Gasteiger partial charge in [0.1, 0.15) is 23.8 Å². The second-order valence-electron chi connectivity index (χ2n) is 8.38. The van der Waals surface area contributed by atoms with Crippen LogP contribution in [0.5, 0.6) is 5.88 Å². The van der Waals surface area contributed by atoms with Gasteiger partial charge < -0.3 is 14.2 Å². The van der Waals surface area contributed by atoms with E-state index in [1.807, 2.05) is 10.3 Å². The second-order valence-corrected chi connectivity index (χ2v) is 9.10. The first kappa shape index (κ1) is 19.5. The van der Waals surface area contributed by atoms with Crippen molar-refractivity contribution >= 4 is 28.3 Å². The van der Waals surface area contributed by atoms with E-state index in [0.717, 1.165) is 23.9 Å². The van der Waals surface area contributed by atoms with Crippen LogP contribution in [0.1, 0.15) is 66.3 Å². The van der Waals surface area contributed by atoms with Crippen molar-refractivity contribution in [2.75, 3.05) is 13.1 Å². The van der Waals surface area contributed by atoms with Gasteiger partial charge in [0.05, 0.1) is 10.9 Å². The predicted molar refractivity (Wildman–Crippen MR) is 116 cm³/mol. The van der Waals surface area contributed by atoms with Crippen LogP contribution in [-0.2, 0) is 0 Å². The Morgan fingerprint density at radius 1 is 1.10 bits per heavy atom. The summed E-state index contributed by atoms with van der Waals surface area (Å²) < 4.78 is 8.79. The van der Waals surface area contributed by atoms with E-state index in [-0.39, 0.29) is 12.0 Å². The number of aromatic nitrogens is 4. The van der Waals surface area contributed by atoms with Gasteiger partial charge in [0.25, 0.3) is 5.91 Å². The number of nitrogens with zero attached hydrogens (tertiary/aromatic N) is 5. The lowest BCUT2D eigenvalue weighted by atomic mass is 10.1. The van der Waals surface area contributed by atoms with Crippen LogP contribution >= 0.6 is 11.3 Å². The lowest BCUT2D eigenvalue weighted by Crippen LogP contribution is -2.42. The Morgan fingerprint density at radius 2 is 1.87 bits per heavy atom. The number of carbonyl (C=O) groups is 1. The monoisotopic (exact) mass is 425 g/mol. The Balaban J connectivity index is 1.34. The third-order valence-electron chi connectivity index (χ3n) is 6.65. The average Bonchev–Trinajstić information content (AvgIpc) is 3.51. The van der Waals surface area contributed by atoms with Crippen LogP contribution in [0.25, 0.3) is 11.0 Å². The molecule has 1 aliphatic carbocycles. The molecule has 0 N–H and O–H groups in total. The summed E-state index contributed by atoms with van der Waals surface area (Å²) in [5, 5.41) is 2.85. The van der Waals surface area contributed by atoms with E-state index in [1.54, 1.807) is 11.8 Å². The molecule has 2 fully saturated rings. The zero-order chi connectivity index (χ0) is 20.7. The number of fused-ring (bicyclic) bond motifs is 1. The molecule has 8 heteroatoms. The number of amides is 1. The van der Waals surface area contributed by atoms with Gasteiger partial charge in [0.15, 0.2) is 0 Å². The van der Waals surface area contributed by atoms with E-state index in [2.05, 4.69) is 33.4 Å². The van der Waals surface area contributed by atoms with Gasteiger partial charge in [-0.1, -0.05) is 12.8 Å². The zero-order valence-corrected chi connectivity index (χ0v) is 18.3. The van der Waals surface area contributed by atoms with Crippen molar-refractivity contribution in [2.24, 2.45) is 0 Å². The van der Waals surface area contributed by atoms with Crippen molar-refractivity contribution in [2.45, 2.75) is 64.5 Å². The maximum Gasteiger partial charge on any atom is 0.273 e. The quantitative estimate of drug-likeness (QED) is 0.623. The van der Waals surface area contributed by atoms with Crippen LogP contribution in [0.2, 0.25) is 0 Å². The fourth-order valence-electron chi connectivity index (χ4n) is 4.91. The van der Waals surface area contributed by atoms with Gasteiger partial charge in [-0.25, -0.2) is 15.0 Å². The molecule has 3 aromatic heterocycles. The molecule has 1 saturated carbocycles. The highest BCUT2D eigenvalue weighted by Gasteiger charge is 2.28. The first-order valence-corrected chi connectivity index (χ1v) is 11.7. The van der Waals surface area contributed by atoms with Crippen LogP contribution in [0.4, 0.5) is 0 Å². The molecule has 0 spiro atoms. The topological polar surface area (TPSA) is 73.1 Å². The van der Waals surface area contributed by atoms with E-state index in [1.165, 1.54) is 48.3 Å². The number of rotatable bonds is 4. The normalized spacial score (nSPS) is 18.4. The summed E-state index contributed by atoms with van der Waals surface area (Å²) >= 11 is 1.45. The van der Waals surface area contributed by atoms with Crippen LogP contribution in [0.15, 0.2) is 17.2 Å². The summed E-state index contributed by atoms with van der Waals surface area (Å²) in [4.78, 5) is 27.7. The van der Waals surface area contributed by atoms with Crippen molar-refractivity contribution in [1.82, 2.24) is 24.4 Å². The number of carbonyl (C=O) groups excluding carboxylic acids is 1. The average molecular weight is 426 g/mol. The summed E-state index contributed by atoms with van der Waals surface area (Å²) in [6, 6.07) is 0.531. The Bertz CT molecular complexity index is 1050. The lowest BCUT2D eigenvalue weighted by Gasteiger charge is -2.31. The van der Waals surface area contributed by atoms with Gasteiger partial charge >= 0.3 is 0 Å². The van der Waals surface area contributed by atoms with Crippen molar-refractivity contribution in [1.29, 1.82) is 0 Å². The van der Waals surface area contributed by atoms with Gasteiger partial charge in [0, 0.05) is 43.0 Å². The molecular weight excluding hydrogens is 398 g/mol. The number of thiazole rings is 1. The van der Waals surface area contributed by atoms with Gasteiger partial charge in [-0.2, -0.15) is 0 Å². The minimum atomic E-state index is 0.0132. The molecule has 5 rings (SSSR count). The Labute approximate surface area is 180 Å². The minimum Gasteiger partial charge on any atom is -0.474 e. The SMILES string of the molecule is Cc1c(C)n(C2CCCC2)c2ncnc(OC3CCN(C(=O)c4cscn4)CC3)c12. The van der Waals surface area contributed by atoms with E-state index < -0.39 is 0 Å².